The van der Waals surface area contributed by atoms with Crippen molar-refractivity contribution in [3.63, 3.8) is 0 Å². The maximum absolute atomic E-state index is 10.7. The van der Waals surface area contributed by atoms with Crippen molar-refractivity contribution < 1.29 is 4.79 Å². The fourth-order valence-electron chi connectivity index (χ4n) is 3.13. The van der Waals surface area contributed by atoms with Crippen LogP contribution in [0.25, 0.3) is 21.3 Å². The molecule has 1 radical (unpaired) electrons. The number of nitrogens with one attached hydrogen (secondary N) is 2. The first-order valence-electron chi connectivity index (χ1n) is 8.66. The van der Waals surface area contributed by atoms with E-state index in [1.807, 2.05) is 18.4 Å². The minimum absolute atomic E-state index is 0.642. The molecule has 0 atom stereocenters. The van der Waals surface area contributed by atoms with Crippen molar-refractivity contribution >= 4 is 28.5 Å². The van der Waals surface area contributed by atoms with E-state index in [1.165, 1.54) is 33.4 Å². The van der Waals surface area contributed by atoms with Gasteiger partial charge in [-0.1, -0.05) is 42.5 Å². The minimum Gasteiger partial charge on any atom is -0.361 e. The average molecular weight is 359 g/mol. The third-order valence-electron chi connectivity index (χ3n) is 4.52. The fraction of sp³-hybridized carbons (Fsp3) is 0.136. The van der Waals surface area contributed by atoms with Crippen LogP contribution in [0.4, 0.5) is 0 Å². The van der Waals surface area contributed by atoms with Crippen LogP contribution >= 0.6 is 11.3 Å². The molecule has 4 heteroatoms. The Labute approximate surface area is 156 Å². The molecule has 0 fully saturated rings. The monoisotopic (exact) mass is 359 g/mol. The van der Waals surface area contributed by atoms with Gasteiger partial charge in [0.2, 0.25) is 6.29 Å². The molecule has 0 aliphatic rings. The summed E-state index contributed by atoms with van der Waals surface area (Å²) >= 11 is 1.47. The Morgan fingerprint density at radius 1 is 1.00 bits per heavy atom. The summed E-state index contributed by atoms with van der Waals surface area (Å²) in [4.78, 5) is 15.7. The van der Waals surface area contributed by atoms with E-state index in [0.29, 0.717) is 4.88 Å². The Morgan fingerprint density at radius 2 is 1.85 bits per heavy atom. The second-order valence-corrected chi connectivity index (χ2v) is 7.33. The Morgan fingerprint density at radius 3 is 2.65 bits per heavy atom. The predicted octanol–water partition coefficient (Wildman–Crippen LogP) is 4.69. The molecule has 0 bridgehead atoms. The molecule has 2 aromatic carbocycles. The van der Waals surface area contributed by atoms with Crippen LogP contribution in [0.1, 0.15) is 16.0 Å². The van der Waals surface area contributed by atoms with Crippen molar-refractivity contribution in [2.75, 3.05) is 6.54 Å². The lowest BCUT2D eigenvalue weighted by Gasteiger charge is -2.06. The summed E-state index contributed by atoms with van der Waals surface area (Å²) in [5.74, 6) is 0. The highest BCUT2D eigenvalue weighted by molar-refractivity contribution is 7.17. The van der Waals surface area contributed by atoms with Gasteiger partial charge < -0.3 is 10.3 Å². The van der Waals surface area contributed by atoms with Crippen LogP contribution in [-0.4, -0.2) is 17.8 Å². The first-order valence-corrected chi connectivity index (χ1v) is 9.48. The van der Waals surface area contributed by atoms with Crippen molar-refractivity contribution in [3.8, 4) is 10.4 Å². The van der Waals surface area contributed by atoms with Crippen LogP contribution in [-0.2, 0) is 17.8 Å². The number of benzene rings is 2. The average Bonchev–Trinajstić information content (AvgIpc) is 3.33. The quantitative estimate of drug-likeness (QED) is 0.470. The van der Waals surface area contributed by atoms with Gasteiger partial charge in [0.05, 0.1) is 4.88 Å². The topological polar surface area (TPSA) is 44.9 Å². The summed E-state index contributed by atoms with van der Waals surface area (Å²) in [6, 6.07) is 20.7. The zero-order chi connectivity index (χ0) is 17.8. The maximum atomic E-state index is 10.7. The smallest absolute Gasteiger partial charge is 0.244 e. The zero-order valence-electron chi connectivity index (χ0n) is 14.3. The summed E-state index contributed by atoms with van der Waals surface area (Å²) in [6.45, 7) is 1.79. The van der Waals surface area contributed by atoms with E-state index in [-0.39, 0.29) is 0 Å². The van der Waals surface area contributed by atoms with Gasteiger partial charge in [-0.25, -0.2) is 0 Å². The Bertz CT molecular complexity index is 1010. The van der Waals surface area contributed by atoms with Crippen LogP contribution in [0, 0.1) is 0 Å². The van der Waals surface area contributed by atoms with Crippen molar-refractivity contribution in [3.05, 3.63) is 82.9 Å². The molecule has 0 unspecified atom stereocenters. The van der Waals surface area contributed by atoms with Gasteiger partial charge in [0.25, 0.3) is 0 Å². The number of rotatable bonds is 7. The second-order valence-electron chi connectivity index (χ2n) is 6.25. The van der Waals surface area contributed by atoms with Gasteiger partial charge in [-0.2, -0.15) is 0 Å². The number of aromatic nitrogens is 1. The van der Waals surface area contributed by atoms with E-state index in [9.17, 15) is 4.79 Å². The van der Waals surface area contributed by atoms with E-state index < -0.39 is 0 Å². The number of fused-ring (bicyclic) bond motifs is 1. The summed E-state index contributed by atoms with van der Waals surface area (Å²) in [5, 5.41) is 4.82. The van der Waals surface area contributed by atoms with Gasteiger partial charge in [0.15, 0.2) is 0 Å². The third kappa shape index (κ3) is 3.62. The first-order chi connectivity index (χ1) is 12.8. The number of thiophene rings is 1. The fourth-order valence-corrected chi connectivity index (χ4v) is 3.93. The normalized spacial score (nSPS) is 11.1. The molecule has 0 saturated carbocycles. The molecule has 3 nitrogen and oxygen atoms in total. The van der Waals surface area contributed by atoms with Gasteiger partial charge in [-0.05, 0) is 47.9 Å². The van der Waals surface area contributed by atoms with Gasteiger partial charge in [0, 0.05) is 28.5 Å². The van der Waals surface area contributed by atoms with Crippen molar-refractivity contribution in [2.45, 2.75) is 13.0 Å². The molecule has 2 aromatic heterocycles. The summed E-state index contributed by atoms with van der Waals surface area (Å²) < 4.78 is 0. The summed E-state index contributed by atoms with van der Waals surface area (Å²) in [6.07, 6.45) is 5.05. The molecule has 4 rings (SSSR count). The number of carbonyl (C=O) groups excluding carboxylic acids is 1. The van der Waals surface area contributed by atoms with E-state index in [1.54, 1.807) is 0 Å². The van der Waals surface area contributed by atoms with Gasteiger partial charge >= 0.3 is 0 Å². The van der Waals surface area contributed by atoms with E-state index in [0.717, 1.165) is 30.0 Å². The molecular weight excluding hydrogens is 340 g/mol. The number of hydrogen-bond acceptors (Lipinski definition) is 3. The predicted molar refractivity (Wildman–Crippen MR) is 108 cm³/mol. The second kappa shape index (κ2) is 7.68. The largest absolute Gasteiger partial charge is 0.361 e. The highest BCUT2D eigenvalue weighted by atomic mass is 32.1. The molecule has 0 amide bonds. The van der Waals surface area contributed by atoms with E-state index in [2.05, 4.69) is 65.0 Å². The molecule has 4 aromatic rings. The highest BCUT2D eigenvalue weighted by Gasteiger charge is 2.04. The molecule has 2 heterocycles. The van der Waals surface area contributed by atoms with Crippen molar-refractivity contribution in [1.29, 1.82) is 0 Å². The lowest BCUT2D eigenvalue weighted by atomic mass is 10.1. The molecule has 0 saturated heterocycles. The van der Waals surface area contributed by atoms with E-state index in [4.69, 9.17) is 0 Å². The molecule has 0 aliphatic heterocycles. The van der Waals surface area contributed by atoms with Crippen LogP contribution in [0.15, 0.2) is 66.9 Å². The molecule has 129 valence electrons. The number of para-hydroxylation sites is 1. The van der Waals surface area contributed by atoms with Crippen molar-refractivity contribution in [2.24, 2.45) is 0 Å². The van der Waals surface area contributed by atoms with Crippen LogP contribution in [0.2, 0.25) is 0 Å². The third-order valence-corrected chi connectivity index (χ3v) is 5.55. The zero-order valence-corrected chi connectivity index (χ0v) is 15.1. The molecule has 0 spiro atoms. The molecule has 26 heavy (non-hydrogen) atoms. The summed E-state index contributed by atoms with van der Waals surface area (Å²) in [5.41, 5.74) is 4.94. The first kappa shape index (κ1) is 16.8. The van der Waals surface area contributed by atoms with Crippen LogP contribution < -0.4 is 5.32 Å². The number of hydrogen-bond donors (Lipinski definition) is 2. The maximum Gasteiger partial charge on any atom is 0.244 e. The molecule has 0 aliphatic carbocycles. The highest BCUT2D eigenvalue weighted by Crippen LogP contribution is 2.27. The van der Waals surface area contributed by atoms with Crippen LogP contribution in [0.3, 0.4) is 0 Å². The standard InChI is InChI=1S/C22H19N2OS/c25-15-19-9-10-22(26-19)17-7-5-16(6-8-17)13-23-12-11-18-14-24-21-4-2-1-3-20(18)21/h1-10,14,23-24H,11-13H2. The lowest BCUT2D eigenvalue weighted by Crippen LogP contribution is -2.16. The number of H-pyrrole nitrogens is 1. The molecular formula is C22H19N2OS. The van der Waals surface area contributed by atoms with Crippen LogP contribution in [0.5, 0.6) is 0 Å². The SMILES string of the molecule is O=[C]c1ccc(-c2ccc(CNCCc3c[nH]c4ccccc34)cc2)s1. The Hall–Kier alpha value is -2.69. The van der Waals surface area contributed by atoms with Gasteiger partial charge in [-0.3, -0.25) is 4.79 Å². The van der Waals surface area contributed by atoms with Gasteiger partial charge in [-0.15, -0.1) is 11.3 Å². The van der Waals surface area contributed by atoms with Gasteiger partial charge in [0.1, 0.15) is 0 Å². The lowest BCUT2D eigenvalue weighted by molar-refractivity contribution is 0.563. The Kier molecular flexibility index (Phi) is 4.95. The van der Waals surface area contributed by atoms with E-state index >= 15 is 0 Å². The number of aromatic amines is 1. The summed E-state index contributed by atoms with van der Waals surface area (Å²) in [7, 11) is 0. The van der Waals surface area contributed by atoms with Crippen molar-refractivity contribution in [1.82, 2.24) is 10.3 Å². The minimum atomic E-state index is 0.642. The Balaban J connectivity index is 1.31. The molecule has 2 N–H and O–H groups in total.